The van der Waals surface area contributed by atoms with Gasteiger partial charge in [0.1, 0.15) is 0 Å². The van der Waals surface area contributed by atoms with Gasteiger partial charge >= 0.3 is 0 Å². The van der Waals surface area contributed by atoms with Gasteiger partial charge in [0.15, 0.2) is 0 Å². The molecule has 0 fully saturated rings. The number of benzene rings is 2. The molecule has 3 rings (SSSR count). The topological polar surface area (TPSA) is 0 Å². The third kappa shape index (κ3) is 9.15. The first-order valence-corrected chi connectivity index (χ1v) is 17.0. The molecule has 1 heteroatoms. The molecule has 0 nitrogen and oxygen atoms in total. The van der Waals surface area contributed by atoms with E-state index in [0.717, 1.165) is 5.02 Å². The Morgan fingerprint density at radius 1 is 0.474 bits per heavy atom. The lowest BCUT2D eigenvalue weighted by atomic mass is 9.70. The second-order valence-corrected chi connectivity index (χ2v) is 12.6. The summed E-state index contributed by atoms with van der Waals surface area (Å²) in [6.45, 7) is 4.61. The Morgan fingerprint density at radius 2 is 0.895 bits per heavy atom. The molecule has 0 spiro atoms. The van der Waals surface area contributed by atoms with E-state index in [1.165, 1.54) is 158 Å². The van der Waals surface area contributed by atoms with E-state index >= 15 is 0 Å². The summed E-state index contributed by atoms with van der Waals surface area (Å²) in [5.74, 6) is 0. The Bertz CT molecular complexity index is 873. The molecular formula is C37H57Cl. The lowest BCUT2D eigenvalue weighted by Crippen LogP contribution is -2.26. The molecule has 1 aliphatic carbocycles. The molecule has 0 saturated heterocycles. The number of hydrogen-bond donors (Lipinski definition) is 0. The number of rotatable bonds is 22. The van der Waals surface area contributed by atoms with Gasteiger partial charge in [0, 0.05) is 10.4 Å². The molecule has 0 heterocycles. The molecule has 0 aromatic heterocycles. The largest absolute Gasteiger partial charge is 0.0840 e. The zero-order valence-corrected chi connectivity index (χ0v) is 25.7. The molecule has 0 amide bonds. The summed E-state index contributed by atoms with van der Waals surface area (Å²) in [6, 6.07) is 15.8. The SMILES string of the molecule is CCCCCCCCCCCCC1(CCCCCCCCCCCC)c2ccccc2-c2cccc(Cl)c21. The summed E-state index contributed by atoms with van der Waals surface area (Å²) in [6.07, 6.45) is 30.4. The lowest BCUT2D eigenvalue weighted by Gasteiger charge is -2.33. The normalized spacial score (nSPS) is 13.6. The minimum Gasteiger partial charge on any atom is -0.0840 e. The molecule has 1 aliphatic rings. The van der Waals surface area contributed by atoms with Crippen LogP contribution in [0.3, 0.4) is 0 Å². The van der Waals surface area contributed by atoms with E-state index in [-0.39, 0.29) is 5.41 Å². The van der Waals surface area contributed by atoms with E-state index in [2.05, 4.69) is 56.3 Å². The zero-order chi connectivity index (χ0) is 26.9. The fourth-order valence-electron chi connectivity index (χ4n) is 6.98. The molecule has 2 aromatic carbocycles. The average molecular weight is 537 g/mol. The maximum atomic E-state index is 7.01. The van der Waals surface area contributed by atoms with Crippen LogP contribution in [0.4, 0.5) is 0 Å². The van der Waals surface area contributed by atoms with Crippen molar-refractivity contribution in [2.24, 2.45) is 0 Å². The maximum absolute atomic E-state index is 7.01. The van der Waals surface area contributed by atoms with Crippen LogP contribution < -0.4 is 0 Å². The molecule has 212 valence electrons. The Kier molecular flexibility index (Phi) is 14.9. The van der Waals surface area contributed by atoms with E-state index in [9.17, 15) is 0 Å². The Balaban J connectivity index is 1.55. The van der Waals surface area contributed by atoms with Crippen molar-refractivity contribution in [2.75, 3.05) is 0 Å². The first kappa shape index (κ1) is 31.3. The van der Waals surface area contributed by atoms with Crippen LogP contribution in [0.1, 0.15) is 166 Å². The summed E-state index contributed by atoms with van der Waals surface area (Å²) >= 11 is 7.01. The Labute approximate surface area is 241 Å². The van der Waals surface area contributed by atoms with Gasteiger partial charge in [-0.2, -0.15) is 0 Å². The highest BCUT2D eigenvalue weighted by atomic mass is 35.5. The van der Waals surface area contributed by atoms with Gasteiger partial charge in [0.25, 0.3) is 0 Å². The Hall–Kier alpha value is -1.27. The summed E-state index contributed by atoms with van der Waals surface area (Å²) in [7, 11) is 0. The Morgan fingerprint density at radius 3 is 1.39 bits per heavy atom. The molecule has 0 aliphatic heterocycles. The van der Waals surface area contributed by atoms with Crippen LogP contribution in [0.2, 0.25) is 5.02 Å². The monoisotopic (exact) mass is 536 g/mol. The van der Waals surface area contributed by atoms with E-state index in [1.54, 1.807) is 5.56 Å². The minimum atomic E-state index is 0.102. The molecule has 0 N–H and O–H groups in total. The van der Waals surface area contributed by atoms with Crippen molar-refractivity contribution < 1.29 is 0 Å². The third-order valence-corrected chi connectivity index (χ3v) is 9.45. The lowest BCUT2D eigenvalue weighted by molar-refractivity contribution is 0.397. The van der Waals surface area contributed by atoms with Crippen LogP contribution in [0, 0.1) is 0 Å². The van der Waals surface area contributed by atoms with E-state index in [1.807, 2.05) is 0 Å². The number of halogens is 1. The van der Waals surface area contributed by atoms with Crippen LogP contribution in [0.15, 0.2) is 42.5 Å². The highest BCUT2D eigenvalue weighted by molar-refractivity contribution is 6.32. The fourth-order valence-corrected chi connectivity index (χ4v) is 7.33. The van der Waals surface area contributed by atoms with E-state index < -0.39 is 0 Å². The maximum Gasteiger partial charge on any atom is 0.0453 e. The first-order chi connectivity index (χ1) is 18.7. The third-order valence-electron chi connectivity index (χ3n) is 9.14. The van der Waals surface area contributed by atoms with Crippen LogP contribution in [-0.4, -0.2) is 0 Å². The minimum absolute atomic E-state index is 0.102. The molecule has 2 aromatic rings. The molecule has 0 unspecified atom stereocenters. The highest BCUT2D eigenvalue weighted by Gasteiger charge is 2.43. The van der Waals surface area contributed by atoms with Crippen LogP contribution in [0.25, 0.3) is 11.1 Å². The van der Waals surface area contributed by atoms with Gasteiger partial charge in [-0.15, -0.1) is 0 Å². The molecule has 0 bridgehead atoms. The predicted octanol–water partition coefficient (Wildman–Crippen LogP) is 13.2. The van der Waals surface area contributed by atoms with Crippen molar-refractivity contribution in [2.45, 2.75) is 161 Å². The van der Waals surface area contributed by atoms with Gasteiger partial charge < -0.3 is 0 Å². The second-order valence-electron chi connectivity index (χ2n) is 12.2. The van der Waals surface area contributed by atoms with E-state index in [0.29, 0.717) is 0 Å². The molecule has 0 atom stereocenters. The smallest absolute Gasteiger partial charge is 0.0453 e. The first-order valence-electron chi connectivity index (χ1n) is 16.6. The van der Waals surface area contributed by atoms with Crippen molar-refractivity contribution in [1.29, 1.82) is 0 Å². The fraction of sp³-hybridized carbons (Fsp3) is 0.676. The predicted molar refractivity (Wildman–Crippen MR) is 171 cm³/mol. The van der Waals surface area contributed by atoms with Crippen molar-refractivity contribution in [3.8, 4) is 11.1 Å². The molecule has 0 radical (unpaired) electrons. The van der Waals surface area contributed by atoms with Gasteiger partial charge in [-0.25, -0.2) is 0 Å². The second kappa shape index (κ2) is 18.1. The number of hydrogen-bond acceptors (Lipinski definition) is 0. The van der Waals surface area contributed by atoms with Crippen molar-refractivity contribution in [1.82, 2.24) is 0 Å². The quantitative estimate of drug-likeness (QED) is 0.131. The van der Waals surface area contributed by atoms with Gasteiger partial charge in [0.2, 0.25) is 0 Å². The summed E-state index contributed by atoms with van der Waals surface area (Å²) < 4.78 is 0. The van der Waals surface area contributed by atoms with Gasteiger partial charge in [0.05, 0.1) is 0 Å². The average Bonchev–Trinajstić information content (AvgIpc) is 3.22. The van der Waals surface area contributed by atoms with Crippen LogP contribution in [-0.2, 0) is 5.41 Å². The van der Waals surface area contributed by atoms with Crippen molar-refractivity contribution in [3.05, 3.63) is 58.6 Å². The summed E-state index contributed by atoms with van der Waals surface area (Å²) in [5.41, 5.74) is 5.92. The van der Waals surface area contributed by atoms with Crippen LogP contribution in [0.5, 0.6) is 0 Å². The van der Waals surface area contributed by atoms with Crippen molar-refractivity contribution >= 4 is 11.6 Å². The van der Waals surface area contributed by atoms with Crippen LogP contribution >= 0.6 is 11.6 Å². The van der Waals surface area contributed by atoms with E-state index in [4.69, 9.17) is 11.6 Å². The van der Waals surface area contributed by atoms with Gasteiger partial charge in [-0.3, -0.25) is 0 Å². The van der Waals surface area contributed by atoms with Crippen molar-refractivity contribution in [3.63, 3.8) is 0 Å². The standard InChI is InChI=1S/C37H57Cl/c1-3-5-7-9-11-13-15-17-19-23-30-37(31-24-20-18-16-14-12-10-8-6-4-2)34-28-22-21-26-32(34)33-27-25-29-35(38)36(33)37/h21-22,25-29H,3-20,23-24,30-31H2,1-2H3. The summed E-state index contributed by atoms with van der Waals surface area (Å²) in [4.78, 5) is 0. The number of unbranched alkanes of at least 4 members (excludes halogenated alkanes) is 18. The summed E-state index contributed by atoms with van der Waals surface area (Å²) in [5, 5.41) is 0.984. The highest BCUT2D eigenvalue weighted by Crippen LogP contribution is 2.56. The molecule has 38 heavy (non-hydrogen) atoms. The molecule has 0 saturated carbocycles. The number of fused-ring (bicyclic) bond motifs is 3. The van der Waals surface area contributed by atoms with Gasteiger partial charge in [-0.05, 0) is 41.2 Å². The molecular weight excluding hydrogens is 480 g/mol. The van der Waals surface area contributed by atoms with Gasteiger partial charge in [-0.1, -0.05) is 190 Å². The zero-order valence-electron chi connectivity index (χ0n) is 25.0.